The van der Waals surface area contributed by atoms with E-state index >= 15 is 0 Å². The summed E-state index contributed by atoms with van der Waals surface area (Å²) in [6.45, 7) is 0.149. The number of phenolic OH excluding ortho intramolecular Hbond substituents is 1. The van der Waals surface area contributed by atoms with Crippen LogP contribution in [0.5, 0.6) is 5.75 Å². The minimum absolute atomic E-state index is 0.0399. The van der Waals surface area contributed by atoms with E-state index in [9.17, 15) is 18.3 Å². The topological polar surface area (TPSA) is 32.3 Å². The van der Waals surface area contributed by atoms with Crippen LogP contribution in [0.3, 0.4) is 0 Å². The van der Waals surface area contributed by atoms with Crippen LogP contribution in [0.1, 0.15) is 5.56 Å². The van der Waals surface area contributed by atoms with Crippen LogP contribution in [-0.2, 0) is 6.54 Å². The zero-order valence-electron chi connectivity index (χ0n) is 9.55. The molecule has 0 fully saturated rings. The van der Waals surface area contributed by atoms with Crippen molar-refractivity contribution in [3.05, 3.63) is 57.8 Å². The average Bonchev–Trinajstić information content (AvgIpc) is 2.37. The van der Waals surface area contributed by atoms with Crippen LogP contribution in [0, 0.1) is 17.5 Å². The van der Waals surface area contributed by atoms with Gasteiger partial charge in [-0.25, -0.2) is 13.2 Å². The monoisotopic (exact) mass is 331 g/mol. The van der Waals surface area contributed by atoms with Crippen molar-refractivity contribution in [1.82, 2.24) is 0 Å². The maximum Gasteiger partial charge on any atom is 0.194 e. The molecule has 2 nitrogen and oxygen atoms in total. The largest absolute Gasteiger partial charge is 0.506 e. The highest BCUT2D eigenvalue weighted by molar-refractivity contribution is 9.10. The minimum atomic E-state index is -1.50. The number of anilines is 1. The molecule has 0 atom stereocenters. The summed E-state index contributed by atoms with van der Waals surface area (Å²) in [4.78, 5) is 0. The minimum Gasteiger partial charge on any atom is -0.506 e. The van der Waals surface area contributed by atoms with Crippen molar-refractivity contribution in [3.63, 3.8) is 0 Å². The Morgan fingerprint density at radius 1 is 1.11 bits per heavy atom. The van der Waals surface area contributed by atoms with Gasteiger partial charge in [-0.05, 0) is 22.0 Å². The summed E-state index contributed by atoms with van der Waals surface area (Å²) in [5, 5.41) is 12.4. The highest BCUT2D eigenvalue weighted by atomic mass is 79.9. The second kappa shape index (κ2) is 5.52. The summed E-state index contributed by atoms with van der Waals surface area (Å²) in [6.07, 6.45) is 0. The Hall–Kier alpha value is -1.69. The van der Waals surface area contributed by atoms with Crippen molar-refractivity contribution in [3.8, 4) is 5.75 Å². The van der Waals surface area contributed by atoms with E-state index in [1.807, 2.05) is 0 Å². The first kappa shape index (κ1) is 13.7. The molecule has 2 rings (SSSR count). The van der Waals surface area contributed by atoms with Crippen molar-refractivity contribution < 1.29 is 18.3 Å². The molecule has 2 aromatic rings. The van der Waals surface area contributed by atoms with Gasteiger partial charge in [-0.15, -0.1) is 0 Å². The van der Waals surface area contributed by atoms with Crippen molar-refractivity contribution in [2.24, 2.45) is 0 Å². The van der Waals surface area contributed by atoms with Gasteiger partial charge in [-0.3, -0.25) is 0 Å². The number of para-hydroxylation sites is 1. The van der Waals surface area contributed by atoms with E-state index in [0.717, 1.165) is 12.1 Å². The Labute approximate surface area is 116 Å². The number of halogens is 4. The van der Waals surface area contributed by atoms with Gasteiger partial charge in [0.05, 0.1) is 4.47 Å². The first-order chi connectivity index (χ1) is 8.99. The number of nitrogens with one attached hydrogen (secondary N) is 1. The lowest BCUT2D eigenvalue weighted by Crippen LogP contribution is -2.02. The molecule has 0 aliphatic heterocycles. The van der Waals surface area contributed by atoms with E-state index in [1.54, 1.807) is 18.2 Å². The predicted octanol–water partition coefficient (Wildman–Crippen LogP) is 4.18. The molecule has 0 amide bonds. The van der Waals surface area contributed by atoms with E-state index in [-0.39, 0.29) is 18.0 Å². The lowest BCUT2D eigenvalue weighted by molar-refractivity contribution is 0.447. The lowest BCUT2D eigenvalue weighted by Gasteiger charge is -2.09. The molecule has 0 aromatic heterocycles. The van der Waals surface area contributed by atoms with Gasteiger partial charge in [0.2, 0.25) is 0 Å². The Morgan fingerprint density at radius 2 is 1.74 bits per heavy atom. The van der Waals surface area contributed by atoms with Crippen LogP contribution in [0.25, 0.3) is 0 Å². The van der Waals surface area contributed by atoms with Crippen molar-refractivity contribution in [2.75, 3.05) is 5.32 Å². The van der Waals surface area contributed by atoms with Gasteiger partial charge >= 0.3 is 0 Å². The third-order valence-electron chi connectivity index (χ3n) is 2.54. The highest BCUT2D eigenvalue weighted by Gasteiger charge is 2.11. The summed E-state index contributed by atoms with van der Waals surface area (Å²) < 4.78 is 39.3. The Kier molecular flexibility index (Phi) is 3.99. The molecule has 0 unspecified atom stereocenters. The summed E-state index contributed by atoms with van der Waals surface area (Å²) in [5.74, 6) is -3.99. The van der Waals surface area contributed by atoms with Gasteiger partial charge in [0.1, 0.15) is 5.75 Å². The maximum absolute atomic E-state index is 13.0. The number of hydrogen-bond acceptors (Lipinski definition) is 2. The van der Waals surface area contributed by atoms with E-state index in [2.05, 4.69) is 21.2 Å². The highest BCUT2D eigenvalue weighted by Crippen LogP contribution is 2.28. The Bertz CT molecular complexity index is 596. The number of aromatic hydroxyl groups is 1. The summed E-state index contributed by atoms with van der Waals surface area (Å²) in [5.41, 5.74) is 0.635. The fraction of sp³-hybridized carbons (Fsp3) is 0.0769. The lowest BCUT2D eigenvalue weighted by atomic mass is 10.2. The fourth-order valence-electron chi connectivity index (χ4n) is 1.56. The molecule has 6 heteroatoms. The summed E-state index contributed by atoms with van der Waals surface area (Å²) in [6, 6.07) is 6.74. The SMILES string of the molecule is Oc1c(Br)cccc1CNc1cc(F)c(F)c(F)c1. The van der Waals surface area contributed by atoms with Crippen LogP contribution in [-0.4, -0.2) is 5.11 Å². The zero-order valence-corrected chi connectivity index (χ0v) is 11.1. The smallest absolute Gasteiger partial charge is 0.194 e. The van der Waals surface area contributed by atoms with Crippen LogP contribution >= 0.6 is 15.9 Å². The van der Waals surface area contributed by atoms with Crippen LogP contribution < -0.4 is 5.32 Å². The molecule has 0 saturated carbocycles. The average molecular weight is 332 g/mol. The molecule has 0 bridgehead atoms. The maximum atomic E-state index is 13.0. The van der Waals surface area contributed by atoms with Gasteiger partial charge in [-0.1, -0.05) is 12.1 Å². The quantitative estimate of drug-likeness (QED) is 0.827. The van der Waals surface area contributed by atoms with Crippen molar-refractivity contribution in [2.45, 2.75) is 6.54 Å². The molecule has 0 saturated heterocycles. The molecule has 2 aromatic carbocycles. The van der Waals surface area contributed by atoms with Gasteiger partial charge in [0.15, 0.2) is 17.5 Å². The van der Waals surface area contributed by atoms with Gasteiger partial charge < -0.3 is 10.4 Å². The molecular weight excluding hydrogens is 323 g/mol. The molecule has 19 heavy (non-hydrogen) atoms. The van der Waals surface area contributed by atoms with Crippen LogP contribution in [0.15, 0.2) is 34.8 Å². The Balaban J connectivity index is 2.17. The van der Waals surface area contributed by atoms with Crippen LogP contribution in [0.4, 0.5) is 18.9 Å². The molecule has 2 N–H and O–H groups in total. The first-order valence-electron chi connectivity index (χ1n) is 5.34. The molecular formula is C13H9BrF3NO. The van der Waals surface area contributed by atoms with E-state index < -0.39 is 17.5 Å². The van der Waals surface area contributed by atoms with Crippen LogP contribution in [0.2, 0.25) is 0 Å². The van der Waals surface area contributed by atoms with Crippen molar-refractivity contribution >= 4 is 21.6 Å². The predicted molar refractivity (Wildman–Crippen MR) is 69.4 cm³/mol. The van der Waals surface area contributed by atoms with Gasteiger partial charge in [-0.2, -0.15) is 0 Å². The molecule has 100 valence electrons. The molecule has 0 heterocycles. The third kappa shape index (κ3) is 3.01. The van der Waals surface area contributed by atoms with Gasteiger partial charge in [0.25, 0.3) is 0 Å². The summed E-state index contributed by atoms with van der Waals surface area (Å²) in [7, 11) is 0. The first-order valence-corrected chi connectivity index (χ1v) is 6.13. The number of phenols is 1. The van der Waals surface area contributed by atoms with E-state index in [1.165, 1.54) is 0 Å². The summed E-state index contributed by atoms with van der Waals surface area (Å²) >= 11 is 3.16. The number of benzene rings is 2. The molecule has 0 aliphatic rings. The fourth-order valence-corrected chi connectivity index (χ4v) is 1.96. The number of hydrogen-bond donors (Lipinski definition) is 2. The standard InChI is InChI=1S/C13H9BrF3NO/c14-9-3-1-2-7(13(9)19)6-18-8-4-10(15)12(17)11(16)5-8/h1-5,18-19H,6H2. The van der Waals surface area contributed by atoms with Gasteiger partial charge in [0, 0.05) is 29.9 Å². The zero-order chi connectivity index (χ0) is 14.0. The normalized spacial score (nSPS) is 10.5. The number of rotatable bonds is 3. The molecule has 0 aliphatic carbocycles. The van der Waals surface area contributed by atoms with E-state index in [4.69, 9.17) is 0 Å². The molecule has 0 spiro atoms. The molecule has 0 radical (unpaired) electrons. The van der Waals surface area contributed by atoms with Crippen molar-refractivity contribution in [1.29, 1.82) is 0 Å². The third-order valence-corrected chi connectivity index (χ3v) is 3.18. The second-order valence-corrected chi connectivity index (χ2v) is 4.71. The Morgan fingerprint density at radius 3 is 2.37 bits per heavy atom. The van der Waals surface area contributed by atoms with E-state index in [0.29, 0.717) is 10.0 Å². The second-order valence-electron chi connectivity index (χ2n) is 3.85.